The van der Waals surface area contributed by atoms with Crippen LogP contribution in [-0.2, 0) is 4.79 Å². The summed E-state index contributed by atoms with van der Waals surface area (Å²) in [5.74, 6) is 2.15. The van der Waals surface area contributed by atoms with Gasteiger partial charge in [0.05, 0.1) is 10.7 Å². The number of nitrogens with zero attached hydrogens (tertiary/aromatic N) is 1. The Morgan fingerprint density at radius 2 is 2.00 bits per heavy atom. The van der Waals surface area contributed by atoms with Crippen LogP contribution in [0.3, 0.4) is 0 Å². The van der Waals surface area contributed by atoms with Gasteiger partial charge < -0.3 is 15.0 Å². The molecule has 2 aromatic rings. The number of hydrogen-bond donors (Lipinski definition) is 1. The third-order valence-corrected chi connectivity index (χ3v) is 5.36. The first-order valence-corrected chi connectivity index (χ1v) is 9.93. The topological polar surface area (TPSA) is 41.6 Å². The number of halogens is 1. The predicted octanol–water partition coefficient (Wildman–Crippen LogP) is 5.50. The summed E-state index contributed by atoms with van der Waals surface area (Å²) in [5, 5.41) is 4.14. The number of carbonyl (C=O) groups is 1. The number of aryl methyl sites for hydroxylation is 1. The zero-order chi connectivity index (χ0) is 19.2. The maximum absolute atomic E-state index is 11.6. The molecule has 1 saturated heterocycles. The van der Waals surface area contributed by atoms with E-state index in [9.17, 15) is 4.79 Å². The zero-order valence-electron chi connectivity index (χ0n) is 16.0. The summed E-state index contributed by atoms with van der Waals surface area (Å²) < 4.78 is 6.06. The van der Waals surface area contributed by atoms with Gasteiger partial charge in [0.1, 0.15) is 5.75 Å². The number of para-hydroxylation sites is 2. The minimum Gasteiger partial charge on any atom is -0.454 e. The molecule has 144 valence electrons. The lowest BCUT2D eigenvalue weighted by Crippen LogP contribution is -2.29. The summed E-state index contributed by atoms with van der Waals surface area (Å²) in [5.41, 5.74) is 2.06. The highest BCUT2D eigenvalue weighted by Crippen LogP contribution is 2.34. The summed E-state index contributed by atoms with van der Waals surface area (Å²) in [6.07, 6.45) is 3.21. The molecule has 1 fully saturated rings. The molecule has 1 atom stereocenters. The van der Waals surface area contributed by atoms with E-state index in [4.69, 9.17) is 16.3 Å². The summed E-state index contributed by atoms with van der Waals surface area (Å²) in [6, 6.07) is 13.7. The molecule has 1 N–H and O–H groups in total. The number of benzene rings is 2. The number of hydrogen-bond acceptors (Lipinski definition) is 3. The predicted molar refractivity (Wildman–Crippen MR) is 111 cm³/mol. The minimum absolute atomic E-state index is 0.178. The molecule has 3 rings (SSSR count). The average molecular weight is 387 g/mol. The number of likely N-dealkylation sites (tertiary alicyclic amines) is 1. The summed E-state index contributed by atoms with van der Waals surface area (Å²) >= 11 is 6.31. The fourth-order valence-corrected chi connectivity index (χ4v) is 3.72. The van der Waals surface area contributed by atoms with Gasteiger partial charge in [-0.2, -0.15) is 0 Å². The SMILES string of the molecule is CC(=O)N1CCCC(CNc2ccccc2Oc2ccc(C)cc2Cl)CC1. The molecule has 0 spiro atoms. The molecule has 2 aromatic carbocycles. The molecule has 1 heterocycles. The molecule has 0 saturated carbocycles. The Morgan fingerprint density at radius 1 is 1.19 bits per heavy atom. The monoisotopic (exact) mass is 386 g/mol. The fourth-order valence-electron chi connectivity index (χ4n) is 3.45. The van der Waals surface area contributed by atoms with E-state index in [-0.39, 0.29) is 5.91 Å². The summed E-state index contributed by atoms with van der Waals surface area (Å²) in [6.45, 7) is 6.25. The number of ether oxygens (including phenoxy) is 1. The normalized spacial score (nSPS) is 17.3. The lowest BCUT2D eigenvalue weighted by molar-refractivity contribution is -0.128. The molecule has 4 nitrogen and oxygen atoms in total. The van der Waals surface area contributed by atoms with Gasteiger partial charge in [-0.1, -0.05) is 29.8 Å². The van der Waals surface area contributed by atoms with Crippen molar-refractivity contribution >= 4 is 23.2 Å². The van der Waals surface area contributed by atoms with Gasteiger partial charge in [-0.25, -0.2) is 0 Å². The first-order valence-electron chi connectivity index (χ1n) is 9.55. The van der Waals surface area contributed by atoms with E-state index >= 15 is 0 Å². The van der Waals surface area contributed by atoms with Crippen LogP contribution in [0.5, 0.6) is 11.5 Å². The van der Waals surface area contributed by atoms with Crippen LogP contribution in [0.1, 0.15) is 31.7 Å². The van der Waals surface area contributed by atoms with Gasteiger partial charge in [0.25, 0.3) is 0 Å². The van der Waals surface area contributed by atoms with Gasteiger partial charge >= 0.3 is 0 Å². The van der Waals surface area contributed by atoms with E-state index in [1.165, 1.54) is 0 Å². The number of nitrogens with one attached hydrogen (secondary N) is 1. The molecule has 1 aliphatic heterocycles. The van der Waals surface area contributed by atoms with Crippen molar-refractivity contribution in [1.29, 1.82) is 0 Å². The first kappa shape index (κ1) is 19.6. The van der Waals surface area contributed by atoms with E-state index in [0.29, 0.717) is 16.7 Å². The van der Waals surface area contributed by atoms with Crippen LogP contribution >= 0.6 is 11.6 Å². The molecule has 0 bridgehead atoms. The van der Waals surface area contributed by atoms with Gasteiger partial charge in [-0.05, 0) is 61.9 Å². The fraction of sp³-hybridized carbons (Fsp3) is 0.409. The van der Waals surface area contributed by atoms with Crippen LogP contribution in [0.4, 0.5) is 5.69 Å². The second kappa shape index (κ2) is 9.14. The third-order valence-electron chi connectivity index (χ3n) is 5.07. The van der Waals surface area contributed by atoms with E-state index in [1.54, 1.807) is 6.92 Å². The van der Waals surface area contributed by atoms with E-state index in [1.807, 2.05) is 54.3 Å². The highest BCUT2D eigenvalue weighted by atomic mass is 35.5. The van der Waals surface area contributed by atoms with Gasteiger partial charge in [0.2, 0.25) is 5.91 Å². The van der Waals surface area contributed by atoms with Crippen molar-refractivity contribution in [3.63, 3.8) is 0 Å². The van der Waals surface area contributed by atoms with Crippen molar-refractivity contribution in [2.45, 2.75) is 33.1 Å². The van der Waals surface area contributed by atoms with Crippen molar-refractivity contribution in [2.75, 3.05) is 25.0 Å². The lowest BCUT2D eigenvalue weighted by atomic mass is 10.0. The molecule has 5 heteroatoms. The van der Waals surface area contributed by atoms with Gasteiger partial charge in [-0.3, -0.25) is 4.79 Å². The quantitative estimate of drug-likeness (QED) is 0.737. The Labute approximate surface area is 166 Å². The van der Waals surface area contributed by atoms with Crippen molar-refractivity contribution in [3.8, 4) is 11.5 Å². The third kappa shape index (κ3) is 5.39. The second-order valence-electron chi connectivity index (χ2n) is 7.22. The Morgan fingerprint density at radius 3 is 2.78 bits per heavy atom. The first-order chi connectivity index (χ1) is 13.0. The molecule has 1 unspecified atom stereocenters. The Bertz CT molecular complexity index is 794. The van der Waals surface area contributed by atoms with Crippen molar-refractivity contribution in [1.82, 2.24) is 4.90 Å². The Balaban J connectivity index is 1.63. The Kier molecular flexibility index (Phi) is 6.62. The zero-order valence-corrected chi connectivity index (χ0v) is 16.8. The van der Waals surface area contributed by atoms with Crippen LogP contribution < -0.4 is 10.1 Å². The molecule has 1 aliphatic rings. The maximum Gasteiger partial charge on any atom is 0.219 e. The molecular formula is C22H27ClN2O2. The minimum atomic E-state index is 0.178. The van der Waals surface area contributed by atoms with E-state index in [2.05, 4.69) is 5.32 Å². The number of anilines is 1. The standard InChI is InChI=1S/C22H27ClN2O2/c1-16-9-10-21(19(23)14-16)27-22-8-4-3-7-20(22)24-15-18-6-5-12-25(13-11-18)17(2)26/h3-4,7-10,14,18,24H,5-6,11-13,15H2,1-2H3. The summed E-state index contributed by atoms with van der Waals surface area (Å²) in [4.78, 5) is 13.5. The second-order valence-corrected chi connectivity index (χ2v) is 7.62. The van der Waals surface area contributed by atoms with Gasteiger partial charge in [-0.15, -0.1) is 0 Å². The number of carbonyl (C=O) groups excluding carboxylic acids is 1. The average Bonchev–Trinajstić information content (AvgIpc) is 2.89. The van der Waals surface area contributed by atoms with Crippen molar-refractivity contribution in [3.05, 3.63) is 53.1 Å². The van der Waals surface area contributed by atoms with Crippen molar-refractivity contribution < 1.29 is 9.53 Å². The van der Waals surface area contributed by atoms with Crippen LogP contribution in [0.25, 0.3) is 0 Å². The van der Waals surface area contributed by atoms with Crippen molar-refractivity contribution in [2.24, 2.45) is 5.92 Å². The molecule has 27 heavy (non-hydrogen) atoms. The van der Waals surface area contributed by atoms with Crippen LogP contribution in [-0.4, -0.2) is 30.4 Å². The molecule has 0 aliphatic carbocycles. The largest absolute Gasteiger partial charge is 0.454 e. The van der Waals surface area contributed by atoms with Crippen LogP contribution in [0.15, 0.2) is 42.5 Å². The van der Waals surface area contributed by atoms with Gasteiger partial charge in [0, 0.05) is 26.6 Å². The summed E-state index contributed by atoms with van der Waals surface area (Å²) in [7, 11) is 0. The van der Waals surface area contributed by atoms with Crippen LogP contribution in [0, 0.1) is 12.8 Å². The highest BCUT2D eigenvalue weighted by Gasteiger charge is 2.18. The molecule has 1 amide bonds. The lowest BCUT2D eigenvalue weighted by Gasteiger charge is -2.19. The number of amides is 1. The van der Waals surface area contributed by atoms with Crippen LogP contribution in [0.2, 0.25) is 5.02 Å². The number of rotatable bonds is 5. The molecular weight excluding hydrogens is 360 g/mol. The van der Waals surface area contributed by atoms with E-state index in [0.717, 1.165) is 55.9 Å². The highest BCUT2D eigenvalue weighted by molar-refractivity contribution is 6.32. The maximum atomic E-state index is 11.6. The Hall–Kier alpha value is -2.20. The molecule has 0 radical (unpaired) electrons. The van der Waals surface area contributed by atoms with Gasteiger partial charge in [0.15, 0.2) is 5.75 Å². The smallest absolute Gasteiger partial charge is 0.219 e. The molecule has 0 aromatic heterocycles. The van der Waals surface area contributed by atoms with E-state index < -0.39 is 0 Å².